The summed E-state index contributed by atoms with van der Waals surface area (Å²) >= 11 is 5.99. The summed E-state index contributed by atoms with van der Waals surface area (Å²) < 4.78 is 24.5. The van der Waals surface area contributed by atoms with Crippen LogP contribution in [0.25, 0.3) is 0 Å². The van der Waals surface area contributed by atoms with Crippen molar-refractivity contribution in [1.82, 2.24) is 4.31 Å². The Hall–Kier alpha value is -1.11. The standard InChI is InChI=1S/C14H21ClN2O3S/c1-4-5-9-17(21(3,19)20)10-14(18)16-13-8-6-7-12(15)11(13)2/h6-8H,4-5,9-10H2,1-3H3,(H,16,18). The number of nitrogens with zero attached hydrogens (tertiary/aromatic N) is 1. The van der Waals surface area contributed by atoms with E-state index < -0.39 is 10.0 Å². The molecular weight excluding hydrogens is 312 g/mol. The molecule has 0 aromatic heterocycles. The molecule has 0 saturated heterocycles. The van der Waals surface area contributed by atoms with Gasteiger partial charge in [0.1, 0.15) is 0 Å². The average Bonchev–Trinajstić information content (AvgIpc) is 2.38. The van der Waals surface area contributed by atoms with Gasteiger partial charge in [0.05, 0.1) is 12.8 Å². The van der Waals surface area contributed by atoms with Crippen LogP contribution in [-0.4, -0.2) is 38.0 Å². The maximum absolute atomic E-state index is 12.0. The highest BCUT2D eigenvalue weighted by atomic mass is 35.5. The predicted molar refractivity (Wildman–Crippen MR) is 86.1 cm³/mol. The Morgan fingerprint density at radius 1 is 1.38 bits per heavy atom. The zero-order chi connectivity index (χ0) is 16.0. The molecule has 0 saturated carbocycles. The van der Waals surface area contributed by atoms with Crippen LogP contribution >= 0.6 is 11.6 Å². The van der Waals surface area contributed by atoms with E-state index in [9.17, 15) is 13.2 Å². The Morgan fingerprint density at radius 2 is 2.05 bits per heavy atom. The number of hydrogen-bond acceptors (Lipinski definition) is 3. The van der Waals surface area contributed by atoms with E-state index in [-0.39, 0.29) is 12.5 Å². The second-order valence-electron chi connectivity index (χ2n) is 4.91. The number of anilines is 1. The number of nitrogens with one attached hydrogen (secondary N) is 1. The summed E-state index contributed by atoms with van der Waals surface area (Å²) in [4.78, 5) is 12.0. The van der Waals surface area contributed by atoms with Crippen molar-refractivity contribution < 1.29 is 13.2 Å². The maximum atomic E-state index is 12.0. The van der Waals surface area contributed by atoms with Crippen molar-refractivity contribution in [2.75, 3.05) is 24.7 Å². The van der Waals surface area contributed by atoms with Crippen molar-refractivity contribution in [3.63, 3.8) is 0 Å². The third kappa shape index (κ3) is 5.65. The van der Waals surface area contributed by atoms with Crippen LogP contribution in [0.3, 0.4) is 0 Å². The molecule has 0 atom stereocenters. The number of rotatable bonds is 7. The molecule has 21 heavy (non-hydrogen) atoms. The van der Waals surface area contributed by atoms with Crippen molar-refractivity contribution in [2.45, 2.75) is 26.7 Å². The van der Waals surface area contributed by atoms with Gasteiger partial charge in [-0.15, -0.1) is 0 Å². The van der Waals surface area contributed by atoms with E-state index in [1.54, 1.807) is 25.1 Å². The molecule has 0 aliphatic carbocycles. The van der Waals surface area contributed by atoms with Gasteiger partial charge in [-0.2, -0.15) is 4.31 Å². The maximum Gasteiger partial charge on any atom is 0.239 e. The number of halogens is 1. The quantitative estimate of drug-likeness (QED) is 0.834. The van der Waals surface area contributed by atoms with Gasteiger partial charge < -0.3 is 5.32 Å². The summed E-state index contributed by atoms with van der Waals surface area (Å²) in [7, 11) is -3.40. The van der Waals surface area contributed by atoms with E-state index >= 15 is 0 Å². The van der Waals surface area contributed by atoms with Crippen LogP contribution < -0.4 is 5.32 Å². The van der Waals surface area contributed by atoms with Crippen molar-refractivity contribution in [3.05, 3.63) is 28.8 Å². The molecule has 1 rings (SSSR count). The second kappa shape index (κ2) is 7.77. The molecule has 0 aliphatic rings. The largest absolute Gasteiger partial charge is 0.325 e. The lowest BCUT2D eigenvalue weighted by atomic mass is 10.2. The number of benzene rings is 1. The van der Waals surface area contributed by atoms with Crippen molar-refractivity contribution >= 4 is 33.2 Å². The monoisotopic (exact) mass is 332 g/mol. The number of amides is 1. The number of carbonyl (C=O) groups is 1. The fourth-order valence-electron chi connectivity index (χ4n) is 1.79. The minimum absolute atomic E-state index is 0.190. The van der Waals surface area contributed by atoms with Crippen LogP contribution in [0.15, 0.2) is 18.2 Å². The Balaban J connectivity index is 2.76. The number of hydrogen-bond donors (Lipinski definition) is 1. The van der Waals surface area contributed by atoms with Gasteiger partial charge in [-0.25, -0.2) is 8.42 Å². The van der Waals surface area contributed by atoms with Crippen molar-refractivity contribution in [2.24, 2.45) is 0 Å². The highest BCUT2D eigenvalue weighted by molar-refractivity contribution is 7.88. The molecule has 0 heterocycles. The molecule has 1 aromatic carbocycles. The average molecular weight is 333 g/mol. The zero-order valence-electron chi connectivity index (χ0n) is 12.5. The Kier molecular flexibility index (Phi) is 6.64. The molecule has 1 aromatic rings. The summed E-state index contributed by atoms with van der Waals surface area (Å²) in [5.41, 5.74) is 1.35. The van der Waals surface area contributed by atoms with E-state index in [1.165, 1.54) is 4.31 Å². The Bertz CT molecular complexity index is 602. The van der Waals surface area contributed by atoms with Gasteiger partial charge in [-0.05, 0) is 31.0 Å². The molecular formula is C14H21ClN2O3S. The molecule has 1 N–H and O–H groups in total. The number of unbranched alkanes of at least 4 members (excludes halogenated alkanes) is 1. The van der Waals surface area contributed by atoms with Gasteiger partial charge in [0, 0.05) is 17.3 Å². The van der Waals surface area contributed by atoms with Crippen LogP contribution in [-0.2, 0) is 14.8 Å². The summed E-state index contributed by atoms with van der Waals surface area (Å²) in [6, 6.07) is 5.20. The summed E-state index contributed by atoms with van der Waals surface area (Å²) in [5, 5.41) is 3.25. The third-order valence-corrected chi connectivity index (χ3v) is 4.75. The lowest BCUT2D eigenvalue weighted by Crippen LogP contribution is -2.38. The van der Waals surface area contributed by atoms with Crippen LogP contribution in [0, 0.1) is 6.92 Å². The van der Waals surface area contributed by atoms with Crippen molar-refractivity contribution in [1.29, 1.82) is 0 Å². The zero-order valence-corrected chi connectivity index (χ0v) is 14.1. The van der Waals surface area contributed by atoms with Gasteiger partial charge in [0.2, 0.25) is 15.9 Å². The Morgan fingerprint density at radius 3 is 2.62 bits per heavy atom. The van der Waals surface area contributed by atoms with E-state index in [2.05, 4.69) is 5.32 Å². The lowest BCUT2D eigenvalue weighted by molar-refractivity contribution is -0.116. The molecule has 0 fully saturated rings. The van der Waals surface area contributed by atoms with Crippen molar-refractivity contribution in [3.8, 4) is 0 Å². The molecule has 118 valence electrons. The summed E-state index contributed by atoms with van der Waals surface area (Å²) in [6.45, 7) is 3.92. The van der Waals surface area contributed by atoms with Gasteiger partial charge >= 0.3 is 0 Å². The Labute approximate surface area is 131 Å². The van der Waals surface area contributed by atoms with Gasteiger partial charge in [0.25, 0.3) is 0 Å². The minimum Gasteiger partial charge on any atom is -0.325 e. The van der Waals surface area contributed by atoms with Gasteiger partial charge in [-0.3, -0.25) is 4.79 Å². The molecule has 0 radical (unpaired) electrons. The second-order valence-corrected chi connectivity index (χ2v) is 7.30. The SMILES string of the molecule is CCCCN(CC(=O)Nc1cccc(Cl)c1C)S(C)(=O)=O. The molecule has 0 spiro atoms. The highest BCUT2D eigenvalue weighted by Crippen LogP contribution is 2.22. The smallest absolute Gasteiger partial charge is 0.239 e. The first kappa shape index (κ1) is 17.9. The third-order valence-electron chi connectivity index (χ3n) is 3.09. The van der Waals surface area contributed by atoms with E-state index in [0.29, 0.717) is 17.3 Å². The highest BCUT2D eigenvalue weighted by Gasteiger charge is 2.19. The summed E-state index contributed by atoms with van der Waals surface area (Å²) in [5.74, 6) is -0.373. The first-order valence-electron chi connectivity index (χ1n) is 6.75. The first-order chi connectivity index (χ1) is 9.75. The number of sulfonamides is 1. The van der Waals surface area contributed by atoms with Crippen LogP contribution in [0.5, 0.6) is 0 Å². The molecule has 0 bridgehead atoms. The number of carbonyl (C=O) groups excluding carboxylic acids is 1. The normalized spacial score (nSPS) is 11.7. The fraction of sp³-hybridized carbons (Fsp3) is 0.500. The fourth-order valence-corrected chi connectivity index (χ4v) is 2.78. The topological polar surface area (TPSA) is 66.5 Å². The molecule has 5 nitrogen and oxygen atoms in total. The minimum atomic E-state index is -3.40. The molecule has 0 aliphatic heterocycles. The van der Waals surface area contributed by atoms with Gasteiger partial charge in [-0.1, -0.05) is 31.0 Å². The first-order valence-corrected chi connectivity index (χ1v) is 8.98. The lowest BCUT2D eigenvalue weighted by Gasteiger charge is -2.19. The summed E-state index contributed by atoms with van der Waals surface area (Å²) in [6.07, 6.45) is 2.69. The van der Waals surface area contributed by atoms with Gasteiger partial charge in [0.15, 0.2) is 0 Å². The van der Waals surface area contributed by atoms with Crippen LogP contribution in [0.2, 0.25) is 5.02 Å². The van der Waals surface area contributed by atoms with Crippen LogP contribution in [0.4, 0.5) is 5.69 Å². The molecule has 1 amide bonds. The van der Waals surface area contributed by atoms with Crippen LogP contribution in [0.1, 0.15) is 25.3 Å². The molecule has 0 unspecified atom stereocenters. The van der Waals surface area contributed by atoms with E-state index in [1.807, 2.05) is 6.92 Å². The van der Waals surface area contributed by atoms with E-state index in [0.717, 1.165) is 24.7 Å². The van der Waals surface area contributed by atoms with E-state index in [4.69, 9.17) is 11.6 Å². The predicted octanol–water partition coefficient (Wildman–Crippen LogP) is 2.65. The molecule has 7 heteroatoms.